The summed E-state index contributed by atoms with van der Waals surface area (Å²) in [6.07, 6.45) is 0. The molecular formula is C18H23ClF2N4O3. The number of carbonyl (C=O) groups excluding carboxylic acids is 2. The molecule has 0 aliphatic carbocycles. The summed E-state index contributed by atoms with van der Waals surface area (Å²) in [5.41, 5.74) is 0.269. The predicted octanol–water partition coefficient (Wildman–Crippen LogP) is 1.30. The highest BCUT2D eigenvalue weighted by molar-refractivity contribution is 6.31. The number of hydrogen-bond acceptors (Lipinski definition) is 4. The molecule has 0 bridgehead atoms. The van der Waals surface area contributed by atoms with Gasteiger partial charge in [0.1, 0.15) is 6.04 Å². The van der Waals surface area contributed by atoms with Crippen molar-refractivity contribution in [2.24, 2.45) is 0 Å². The molecule has 0 aromatic heterocycles. The number of hydrogen-bond donors (Lipinski definition) is 1. The lowest BCUT2D eigenvalue weighted by Crippen LogP contribution is -2.43. The smallest absolute Gasteiger partial charge is 0.320 e. The third-order valence-electron chi connectivity index (χ3n) is 5.09. The molecule has 10 heteroatoms. The van der Waals surface area contributed by atoms with Gasteiger partial charge in [-0.2, -0.15) is 0 Å². The highest BCUT2D eigenvalue weighted by Crippen LogP contribution is 2.22. The number of likely N-dealkylation sites (N-methyl/N-ethyl adjacent to an activating group) is 1. The summed E-state index contributed by atoms with van der Waals surface area (Å²) in [6.45, 7) is 4.51. The number of nitrogens with zero attached hydrogens (tertiary/aromatic N) is 3. The Kier molecular flexibility index (Phi) is 6.69. The second-order valence-corrected chi connectivity index (χ2v) is 7.24. The van der Waals surface area contributed by atoms with Crippen molar-refractivity contribution in [1.82, 2.24) is 20.0 Å². The first kappa shape index (κ1) is 20.8. The number of carbonyl (C=O) groups is 2. The number of halogens is 3. The Hall–Kier alpha value is -1.97. The van der Waals surface area contributed by atoms with E-state index in [1.54, 1.807) is 11.9 Å². The molecule has 28 heavy (non-hydrogen) atoms. The quantitative estimate of drug-likeness (QED) is 0.710. The van der Waals surface area contributed by atoms with Crippen LogP contribution >= 0.6 is 11.6 Å². The molecule has 2 aliphatic heterocycles. The number of benzene rings is 1. The zero-order chi connectivity index (χ0) is 20.3. The van der Waals surface area contributed by atoms with Gasteiger partial charge in [-0.1, -0.05) is 17.7 Å². The van der Waals surface area contributed by atoms with E-state index in [9.17, 15) is 18.4 Å². The fraction of sp³-hybridized carbons (Fsp3) is 0.556. The molecule has 2 saturated heterocycles. The van der Waals surface area contributed by atoms with Crippen molar-refractivity contribution >= 4 is 23.5 Å². The van der Waals surface area contributed by atoms with Crippen LogP contribution in [-0.2, 0) is 16.1 Å². The molecule has 3 amide bonds. The maximum absolute atomic E-state index is 13.5. The maximum Gasteiger partial charge on any atom is 0.320 e. The topological polar surface area (TPSA) is 65.1 Å². The van der Waals surface area contributed by atoms with Crippen molar-refractivity contribution in [2.75, 3.05) is 53.0 Å². The Balaban J connectivity index is 1.53. The fourth-order valence-corrected chi connectivity index (χ4v) is 3.52. The number of amides is 3. The maximum atomic E-state index is 13.5. The lowest BCUT2D eigenvalue weighted by Gasteiger charge is -2.28. The van der Waals surface area contributed by atoms with Crippen LogP contribution in [0.3, 0.4) is 0 Å². The van der Waals surface area contributed by atoms with Crippen LogP contribution in [0.15, 0.2) is 12.1 Å². The van der Waals surface area contributed by atoms with Crippen molar-refractivity contribution in [3.8, 4) is 0 Å². The van der Waals surface area contributed by atoms with Crippen LogP contribution in [0, 0.1) is 11.6 Å². The molecule has 154 valence electrons. The highest BCUT2D eigenvalue weighted by atomic mass is 35.5. The SMILES string of the molecule is CN1C(=O)N(CCN2CCOCC2)C[C@H]1C(=O)NCc1ccc(F)c(F)c1Cl. The summed E-state index contributed by atoms with van der Waals surface area (Å²) in [5, 5.41) is 2.29. The lowest BCUT2D eigenvalue weighted by molar-refractivity contribution is -0.124. The third kappa shape index (κ3) is 4.53. The second-order valence-electron chi connectivity index (χ2n) is 6.86. The van der Waals surface area contributed by atoms with Crippen LogP contribution in [0.5, 0.6) is 0 Å². The molecule has 1 aromatic rings. The van der Waals surface area contributed by atoms with E-state index >= 15 is 0 Å². The largest absolute Gasteiger partial charge is 0.379 e. The van der Waals surface area contributed by atoms with Gasteiger partial charge >= 0.3 is 6.03 Å². The normalized spacial score (nSPS) is 20.7. The van der Waals surface area contributed by atoms with Gasteiger partial charge in [-0.15, -0.1) is 0 Å². The van der Waals surface area contributed by atoms with Crippen LogP contribution in [0.4, 0.5) is 13.6 Å². The van der Waals surface area contributed by atoms with Crippen LogP contribution in [-0.4, -0.2) is 85.7 Å². The van der Waals surface area contributed by atoms with Gasteiger partial charge in [0.25, 0.3) is 0 Å². The molecule has 2 aliphatic rings. The lowest BCUT2D eigenvalue weighted by atomic mass is 10.2. The molecule has 1 atom stereocenters. The van der Waals surface area contributed by atoms with Crippen molar-refractivity contribution in [2.45, 2.75) is 12.6 Å². The third-order valence-corrected chi connectivity index (χ3v) is 5.50. The molecule has 3 rings (SSSR count). The number of urea groups is 1. The van der Waals surface area contributed by atoms with E-state index in [2.05, 4.69) is 10.2 Å². The molecule has 0 unspecified atom stereocenters. The first-order chi connectivity index (χ1) is 13.4. The molecule has 0 saturated carbocycles. The second kappa shape index (κ2) is 9.02. The Morgan fingerprint density at radius 2 is 2.00 bits per heavy atom. The summed E-state index contributed by atoms with van der Waals surface area (Å²) in [4.78, 5) is 30.2. The van der Waals surface area contributed by atoms with Crippen molar-refractivity contribution < 1.29 is 23.1 Å². The van der Waals surface area contributed by atoms with E-state index in [4.69, 9.17) is 16.3 Å². The fourth-order valence-electron chi connectivity index (χ4n) is 3.30. The average Bonchev–Trinajstić information content (AvgIpc) is 2.99. The van der Waals surface area contributed by atoms with Crippen LogP contribution < -0.4 is 5.32 Å². The Morgan fingerprint density at radius 3 is 2.71 bits per heavy atom. The zero-order valence-electron chi connectivity index (χ0n) is 15.6. The molecular weight excluding hydrogens is 394 g/mol. The molecule has 1 N–H and O–H groups in total. The van der Waals surface area contributed by atoms with Crippen LogP contribution in [0.1, 0.15) is 5.56 Å². The Bertz CT molecular complexity index is 746. The molecule has 7 nitrogen and oxygen atoms in total. The van der Waals surface area contributed by atoms with Gasteiger partial charge in [0, 0.05) is 39.8 Å². The monoisotopic (exact) mass is 416 g/mol. The van der Waals surface area contributed by atoms with Gasteiger partial charge in [0.2, 0.25) is 5.91 Å². The number of nitrogens with one attached hydrogen (secondary N) is 1. The van der Waals surface area contributed by atoms with Crippen molar-refractivity contribution in [1.29, 1.82) is 0 Å². The van der Waals surface area contributed by atoms with Crippen molar-refractivity contribution in [3.05, 3.63) is 34.4 Å². The molecule has 0 spiro atoms. The minimum atomic E-state index is -1.14. The van der Waals surface area contributed by atoms with Gasteiger partial charge in [0.05, 0.1) is 24.8 Å². The predicted molar refractivity (Wildman–Crippen MR) is 99.0 cm³/mol. The standard InChI is InChI=1S/C18H23ClF2N4O3/c1-23-14(11-25(18(23)27)5-4-24-6-8-28-9-7-24)17(26)22-10-12-2-3-13(20)16(21)15(12)19/h2-3,14H,4-11H2,1H3,(H,22,26)/t14-/m0/s1. The summed E-state index contributed by atoms with van der Waals surface area (Å²) < 4.78 is 32.0. The average molecular weight is 417 g/mol. The van der Waals surface area contributed by atoms with E-state index in [0.29, 0.717) is 19.8 Å². The van der Waals surface area contributed by atoms with E-state index in [0.717, 1.165) is 25.7 Å². The van der Waals surface area contributed by atoms with E-state index < -0.39 is 17.7 Å². The van der Waals surface area contributed by atoms with Crippen LogP contribution in [0.25, 0.3) is 0 Å². The minimum absolute atomic E-state index is 0.0544. The molecule has 0 radical (unpaired) electrons. The van der Waals surface area contributed by atoms with Gasteiger partial charge < -0.3 is 19.9 Å². The van der Waals surface area contributed by atoms with E-state index in [-0.39, 0.29) is 35.6 Å². The zero-order valence-corrected chi connectivity index (χ0v) is 16.3. The number of morpholine rings is 1. The van der Waals surface area contributed by atoms with E-state index in [1.165, 1.54) is 11.0 Å². The number of ether oxygens (including phenoxy) is 1. The Morgan fingerprint density at radius 1 is 1.29 bits per heavy atom. The van der Waals surface area contributed by atoms with Gasteiger partial charge in [-0.3, -0.25) is 9.69 Å². The van der Waals surface area contributed by atoms with Gasteiger partial charge in [0.15, 0.2) is 11.6 Å². The number of rotatable bonds is 6. The van der Waals surface area contributed by atoms with Crippen LogP contribution in [0.2, 0.25) is 5.02 Å². The molecule has 2 heterocycles. The van der Waals surface area contributed by atoms with Gasteiger partial charge in [-0.25, -0.2) is 13.6 Å². The molecule has 1 aromatic carbocycles. The first-order valence-corrected chi connectivity index (χ1v) is 9.48. The van der Waals surface area contributed by atoms with Crippen molar-refractivity contribution in [3.63, 3.8) is 0 Å². The summed E-state index contributed by atoms with van der Waals surface area (Å²) in [5.74, 6) is -2.56. The minimum Gasteiger partial charge on any atom is -0.379 e. The summed E-state index contributed by atoms with van der Waals surface area (Å²) in [6, 6.07) is 1.42. The summed E-state index contributed by atoms with van der Waals surface area (Å²) in [7, 11) is 1.58. The Labute approximate surface area is 167 Å². The van der Waals surface area contributed by atoms with E-state index in [1.807, 2.05) is 0 Å². The first-order valence-electron chi connectivity index (χ1n) is 9.10. The van der Waals surface area contributed by atoms with Gasteiger partial charge in [-0.05, 0) is 11.6 Å². The molecule has 2 fully saturated rings. The highest BCUT2D eigenvalue weighted by Gasteiger charge is 2.38. The summed E-state index contributed by atoms with van der Waals surface area (Å²) >= 11 is 5.78.